The number of rotatable bonds is 6. The maximum atomic E-state index is 13.3. The molecule has 0 aliphatic heterocycles. The number of nitrogens with one attached hydrogen (secondary N) is 1. The number of anilines is 1. The number of pyridine rings is 1. The molecule has 3 aromatic rings. The Hall–Kier alpha value is -4.15. The third-order valence-corrected chi connectivity index (χ3v) is 3.49. The lowest BCUT2D eigenvalue weighted by Crippen LogP contribution is -2.20. The number of esters is 1. The summed E-state index contributed by atoms with van der Waals surface area (Å²) in [7, 11) is 0. The number of benzene rings is 1. The Kier molecular flexibility index (Phi) is 5.35. The zero-order chi connectivity index (χ0) is 20.1. The minimum absolute atomic E-state index is 0.00135. The van der Waals surface area contributed by atoms with Gasteiger partial charge in [0.15, 0.2) is 6.61 Å². The lowest BCUT2D eigenvalue weighted by atomic mass is 10.2. The highest BCUT2D eigenvalue weighted by atomic mass is 19.1. The van der Waals surface area contributed by atoms with Crippen molar-refractivity contribution in [2.75, 3.05) is 11.9 Å². The molecule has 0 aliphatic rings. The fraction of sp³-hybridized carbons (Fsp3) is 0.0588. The second kappa shape index (κ2) is 8.03. The Morgan fingerprint density at radius 2 is 2.11 bits per heavy atom. The van der Waals surface area contributed by atoms with Gasteiger partial charge in [-0.3, -0.25) is 19.9 Å². The van der Waals surface area contributed by atoms with Crippen molar-refractivity contribution in [2.24, 2.45) is 0 Å². The largest absolute Gasteiger partial charge is 0.452 e. The number of nitro groups is 1. The Morgan fingerprint density at radius 1 is 1.29 bits per heavy atom. The average Bonchev–Trinajstić information content (AvgIpc) is 3.18. The van der Waals surface area contributed by atoms with Crippen molar-refractivity contribution in [2.45, 2.75) is 0 Å². The molecule has 0 saturated carbocycles. The van der Waals surface area contributed by atoms with Crippen LogP contribution in [-0.2, 0) is 9.53 Å². The lowest BCUT2D eigenvalue weighted by molar-refractivity contribution is -0.387. The van der Waals surface area contributed by atoms with Crippen LogP contribution in [-0.4, -0.2) is 38.2 Å². The zero-order valence-corrected chi connectivity index (χ0v) is 14.1. The van der Waals surface area contributed by atoms with E-state index in [2.05, 4.69) is 15.4 Å². The summed E-state index contributed by atoms with van der Waals surface area (Å²) in [5, 5.41) is 17.0. The van der Waals surface area contributed by atoms with Crippen molar-refractivity contribution in [1.29, 1.82) is 0 Å². The molecule has 2 aromatic heterocycles. The van der Waals surface area contributed by atoms with Gasteiger partial charge in [-0.2, -0.15) is 9.49 Å². The van der Waals surface area contributed by atoms with Crippen LogP contribution in [0.25, 0.3) is 5.69 Å². The second-order valence-electron chi connectivity index (χ2n) is 5.43. The summed E-state index contributed by atoms with van der Waals surface area (Å²) in [4.78, 5) is 37.6. The van der Waals surface area contributed by atoms with Gasteiger partial charge < -0.3 is 10.1 Å². The summed E-state index contributed by atoms with van der Waals surface area (Å²) in [5.74, 6) is -2.55. The number of aromatic nitrogens is 3. The van der Waals surface area contributed by atoms with E-state index < -0.39 is 34.9 Å². The van der Waals surface area contributed by atoms with Crippen LogP contribution in [0.1, 0.15) is 10.4 Å². The number of halogens is 1. The van der Waals surface area contributed by atoms with Gasteiger partial charge in [0.1, 0.15) is 0 Å². The molecular weight excluding hydrogens is 373 g/mol. The van der Waals surface area contributed by atoms with Crippen LogP contribution >= 0.6 is 0 Å². The fourth-order valence-corrected chi connectivity index (χ4v) is 2.20. The highest BCUT2D eigenvalue weighted by Crippen LogP contribution is 2.21. The number of nitro benzene ring substituents is 1. The molecule has 0 aliphatic carbocycles. The standard InChI is InChI=1S/C17H12FN5O5/c18-14-4-3-12(6-15(14)23(26)27)21-16(24)10-28-17(25)11-7-20-22(9-11)13-2-1-5-19-8-13/h1-9H,10H2,(H,21,24). The maximum Gasteiger partial charge on any atom is 0.341 e. The van der Waals surface area contributed by atoms with E-state index in [4.69, 9.17) is 4.74 Å². The molecule has 3 rings (SSSR count). The molecule has 0 bridgehead atoms. The third-order valence-electron chi connectivity index (χ3n) is 3.49. The van der Waals surface area contributed by atoms with Crippen molar-refractivity contribution in [1.82, 2.24) is 14.8 Å². The lowest BCUT2D eigenvalue weighted by Gasteiger charge is -2.06. The minimum Gasteiger partial charge on any atom is -0.452 e. The number of carbonyl (C=O) groups excluding carboxylic acids is 2. The normalized spacial score (nSPS) is 10.3. The monoisotopic (exact) mass is 385 g/mol. The van der Waals surface area contributed by atoms with Crippen LogP contribution in [0.4, 0.5) is 15.8 Å². The first kappa shape index (κ1) is 18.6. The zero-order valence-electron chi connectivity index (χ0n) is 14.1. The molecular formula is C17H12FN5O5. The van der Waals surface area contributed by atoms with Gasteiger partial charge in [-0.15, -0.1) is 0 Å². The summed E-state index contributed by atoms with van der Waals surface area (Å²) in [6.45, 7) is -0.637. The first-order chi connectivity index (χ1) is 13.4. The smallest absolute Gasteiger partial charge is 0.341 e. The summed E-state index contributed by atoms with van der Waals surface area (Å²) in [5.41, 5.74) is -0.0255. The Morgan fingerprint density at radius 3 is 2.82 bits per heavy atom. The van der Waals surface area contributed by atoms with Gasteiger partial charge in [0, 0.05) is 24.1 Å². The summed E-state index contributed by atoms with van der Waals surface area (Å²) >= 11 is 0. The van der Waals surface area contributed by atoms with Crippen LogP contribution < -0.4 is 5.32 Å². The highest BCUT2D eigenvalue weighted by Gasteiger charge is 2.17. The van der Waals surface area contributed by atoms with Crippen LogP contribution in [0.15, 0.2) is 55.1 Å². The number of hydrogen-bond donors (Lipinski definition) is 1. The predicted octanol–water partition coefficient (Wildman–Crippen LogP) is 2.11. The fourth-order valence-electron chi connectivity index (χ4n) is 2.20. The van der Waals surface area contributed by atoms with Crippen molar-refractivity contribution in [3.05, 3.63) is 76.6 Å². The molecule has 142 valence electrons. The van der Waals surface area contributed by atoms with Gasteiger partial charge in [0.25, 0.3) is 5.91 Å². The molecule has 0 fully saturated rings. The molecule has 1 N–H and O–H groups in total. The maximum absolute atomic E-state index is 13.3. The SMILES string of the molecule is O=C(COC(=O)c1cnn(-c2cccnc2)c1)Nc1ccc(F)c([N+](=O)[O-])c1. The van der Waals surface area contributed by atoms with Crippen LogP contribution in [0.5, 0.6) is 0 Å². The summed E-state index contributed by atoms with van der Waals surface area (Å²) in [6, 6.07) is 6.32. The van der Waals surface area contributed by atoms with Crippen LogP contribution in [0.3, 0.4) is 0 Å². The minimum atomic E-state index is -1.03. The van der Waals surface area contributed by atoms with Crippen molar-refractivity contribution < 1.29 is 23.6 Å². The van der Waals surface area contributed by atoms with E-state index in [1.807, 2.05) is 0 Å². The number of nitrogens with zero attached hydrogens (tertiary/aromatic N) is 4. The van der Waals surface area contributed by atoms with Gasteiger partial charge in [0.05, 0.1) is 28.6 Å². The van der Waals surface area contributed by atoms with E-state index in [0.717, 1.165) is 18.2 Å². The molecule has 0 radical (unpaired) electrons. The number of carbonyl (C=O) groups is 2. The van der Waals surface area contributed by atoms with Gasteiger partial charge >= 0.3 is 11.7 Å². The predicted molar refractivity (Wildman–Crippen MR) is 93.3 cm³/mol. The number of ether oxygens (including phenoxy) is 1. The van der Waals surface area contributed by atoms with E-state index in [9.17, 15) is 24.1 Å². The molecule has 0 atom stereocenters. The van der Waals surface area contributed by atoms with Crippen molar-refractivity contribution in [3.63, 3.8) is 0 Å². The average molecular weight is 385 g/mol. The van der Waals surface area contributed by atoms with Gasteiger partial charge in [-0.05, 0) is 24.3 Å². The highest BCUT2D eigenvalue weighted by molar-refractivity contribution is 5.95. The quantitative estimate of drug-likeness (QED) is 0.391. The molecule has 0 spiro atoms. The van der Waals surface area contributed by atoms with Gasteiger partial charge in [0.2, 0.25) is 5.82 Å². The molecule has 10 nitrogen and oxygen atoms in total. The topological polar surface area (TPSA) is 129 Å². The molecule has 1 aromatic carbocycles. The first-order valence-corrected chi connectivity index (χ1v) is 7.80. The molecule has 28 heavy (non-hydrogen) atoms. The van der Waals surface area contributed by atoms with Crippen molar-refractivity contribution >= 4 is 23.3 Å². The Bertz CT molecular complexity index is 1040. The van der Waals surface area contributed by atoms with Gasteiger partial charge in [-0.25, -0.2) is 9.48 Å². The third kappa shape index (κ3) is 4.33. The van der Waals surface area contributed by atoms with E-state index in [1.54, 1.807) is 24.5 Å². The molecule has 11 heteroatoms. The van der Waals surface area contributed by atoms with Crippen molar-refractivity contribution in [3.8, 4) is 5.69 Å². The van der Waals surface area contributed by atoms with Gasteiger partial charge in [-0.1, -0.05) is 0 Å². The molecule has 0 saturated heterocycles. The molecule has 1 amide bonds. The summed E-state index contributed by atoms with van der Waals surface area (Å²) in [6.07, 6.45) is 5.84. The number of amides is 1. The molecule has 0 unspecified atom stereocenters. The molecule has 2 heterocycles. The van der Waals surface area contributed by atoms with E-state index in [0.29, 0.717) is 5.69 Å². The van der Waals surface area contributed by atoms with Crippen LogP contribution in [0, 0.1) is 15.9 Å². The Balaban J connectivity index is 1.58. The second-order valence-corrected chi connectivity index (χ2v) is 5.43. The van der Waals surface area contributed by atoms with E-state index in [-0.39, 0.29) is 11.3 Å². The van der Waals surface area contributed by atoms with E-state index >= 15 is 0 Å². The van der Waals surface area contributed by atoms with E-state index in [1.165, 1.54) is 17.1 Å². The first-order valence-electron chi connectivity index (χ1n) is 7.80. The van der Waals surface area contributed by atoms with Crippen LogP contribution in [0.2, 0.25) is 0 Å². The number of hydrogen-bond acceptors (Lipinski definition) is 7. The summed E-state index contributed by atoms with van der Waals surface area (Å²) < 4.78 is 19.6. The Labute approximate surface area is 156 Å².